The SMILES string of the molecule is CCCNCCCS(=O)(=O)NC1CCCC(C)C1C. The number of rotatable bonds is 8. The maximum Gasteiger partial charge on any atom is 0.211 e. The monoisotopic (exact) mass is 290 g/mol. The van der Waals surface area contributed by atoms with Gasteiger partial charge in [-0.15, -0.1) is 0 Å². The predicted molar refractivity (Wildman–Crippen MR) is 80.7 cm³/mol. The van der Waals surface area contributed by atoms with Crippen molar-refractivity contribution in [2.24, 2.45) is 11.8 Å². The molecule has 1 aliphatic rings. The first-order valence-electron chi connectivity index (χ1n) is 7.67. The molecule has 3 unspecified atom stereocenters. The fourth-order valence-electron chi connectivity index (χ4n) is 2.73. The van der Waals surface area contributed by atoms with Gasteiger partial charge in [0.25, 0.3) is 0 Å². The molecule has 114 valence electrons. The summed E-state index contributed by atoms with van der Waals surface area (Å²) >= 11 is 0. The first-order valence-corrected chi connectivity index (χ1v) is 9.32. The van der Waals surface area contributed by atoms with Crippen molar-refractivity contribution in [3.63, 3.8) is 0 Å². The van der Waals surface area contributed by atoms with E-state index in [1.807, 2.05) is 0 Å². The summed E-state index contributed by atoms with van der Waals surface area (Å²) in [6.45, 7) is 8.24. The molecular formula is C14H30N2O2S. The summed E-state index contributed by atoms with van der Waals surface area (Å²) in [6, 6.07) is 0.136. The van der Waals surface area contributed by atoms with Crippen LogP contribution in [0, 0.1) is 11.8 Å². The molecule has 0 spiro atoms. The highest BCUT2D eigenvalue weighted by Gasteiger charge is 2.29. The van der Waals surface area contributed by atoms with Gasteiger partial charge in [-0.25, -0.2) is 13.1 Å². The van der Waals surface area contributed by atoms with Gasteiger partial charge in [0.15, 0.2) is 0 Å². The molecule has 5 heteroatoms. The molecule has 1 aliphatic carbocycles. The molecule has 1 fully saturated rings. The van der Waals surface area contributed by atoms with Crippen LogP contribution in [0.25, 0.3) is 0 Å². The molecule has 0 aromatic carbocycles. The van der Waals surface area contributed by atoms with Crippen molar-refractivity contribution in [3.05, 3.63) is 0 Å². The van der Waals surface area contributed by atoms with Gasteiger partial charge >= 0.3 is 0 Å². The molecule has 0 aromatic rings. The Bertz CT molecular complexity index is 343. The lowest BCUT2D eigenvalue weighted by Gasteiger charge is -2.34. The quantitative estimate of drug-likeness (QED) is 0.673. The van der Waals surface area contributed by atoms with Crippen molar-refractivity contribution >= 4 is 10.0 Å². The van der Waals surface area contributed by atoms with E-state index < -0.39 is 10.0 Å². The van der Waals surface area contributed by atoms with Crippen LogP contribution in [-0.4, -0.2) is 33.3 Å². The maximum absolute atomic E-state index is 12.0. The van der Waals surface area contributed by atoms with Crippen LogP contribution in [-0.2, 0) is 10.0 Å². The van der Waals surface area contributed by atoms with Gasteiger partial charge in [-0.1, -0.05) is 33.6 Å². The van der Waals surface area contributed by atoms with Crippen LogP contribution in [0.3, 0.4) is 0 Å². The summed E-state index contributed by atoms with van der Waals surface area (Å²) in [7, 11) is -3.11. The lowest BCUT2D eigenvalue weighted by atomic mass is 9.78. The van der Waals surface area contributed by atoms with Gasteiger partial charge in [-0.2, -0.15) is 0 Å². The number of sulfonamides is 1. The fourth-order valence-corrected chi connectivity index (χ4v) is 4.16. The number of nitrogens with one attached hydrogen (secondary N) is 2. The minimum atomic E-state index is -3.11. The second-order valence-corrected chi connectivity index (χ2v) is 7.79. The zero-order valence-electron chi connectivity index (χ0n) is 12.6. The molecular weight excluding hydrogens is 260 g/mol. The Kier molecular flexibility index (Phi) is 7.32. The van der Waals surface area contributed by atoms with Crippen LogP contribution in [0.4, 0.5) is 0 Å². The van der Waals surface area contributed by atoms with Crippen molar-refractivity contribution < 1.29 is 8.42 Å². The highest BCUT2D eigenvalue weighted by atomic mass is 32.2. The Balaban J connectivity index is 2.33. The summed E-state index contributed by atoms with van der Waals surface area (Å²) in [5.41, 5.74) is 0. The summed E-state index contributed by atoms with van der Waals surface area (Å²) in [5.74, 6) is 1.30. The van der Waals surface area contributed by atoms with Crippen LogP contribution in [0.5, 0.6) is 0 Å². The third kappa shape index (κ3) is 6.23. The zero-order chi connectivity index (χ0) is 14.3. The Morgan fingerprint density at radius 1 is 1.16 bits per heavy atom. The first-order chi connectivity index (χ1) is 8.96. The zero-order valence-corrected chi connectivity index (χ0v) is 13.4. The molecule has 1 saturated carbocycles. The van der Waals surface area contributed by atoms with E-state index in [4.69, 9.17) is 0 Å². The van der Waals surface area contributed by atoms with Gasteiger partial charge < -0.3 is 5.32 Å². The van der Waals surface area contributed by atoms with Crippen molar-refractivity contribution in [3.8, 4) is 0 Å². The Morgan fingerprint density at radius 2 is 1.89 bits per heavy atom. The van der Waals surface area contributed by atoms with E-state index in [-0.39, 0.29) is 11.8 Å². The van der Waals surface area contributed by atoms with Gasteiger partial charge in [0.05, 0.1) is 5.75 Å². The third-order valence-corrected chi connectivity index (χ3v) is 5.72. The molecule has 0 bridgehead atoms. The average Bonchev–Trinajstić information content (AvgIpc) is 2.34. The molecule has 4 nitrogen and oxygen atoms in total. The van der Waals surface area contributed by atoms with E-state index in [0.29, 0.717) is 18.3 Å². The molecule has 19 heavy (non-hydrogen) atoms. The minimum Gasteiger partial charge on any atom is -0.317 e. The molecule has 3 atom stereocenters. The second kappa shape index (κ2) is 8.22. The largest absolute Gasteiger partial charge is 0.317 e. The molecule has 0 saturated heterocycles. The van der Waals surface area contributed by atoms with Gasteiger partial charge in [0, 0.05) is 6.04 Å². The summed E-state index contributed by atoms with van der Waals surface area (Å²) < 4.78 is 27.0. The standard InChI is InChI=1S/C14H30N2O2S/c1-4-9-15-10-6-11-19(17,18)16-14-8-5-7-12(2)13(14)3/h12-16H,4-11H2,1-3H3. The molecule has 0 aromatic heterocycles. The second-order valence-electron chi connectivity index (χ2n) is 5.91. The predicted octanol–water partition coefficient (Wildman–Crippen LogP) is 2.12. The fraction of sp³-hybridized carbons (Fsp3) is 1.00. The van der Waals surface area contributed by atoms with Crippen molar-refractivity contribution in [2.45, 2.75) is 58.9 Å². The first kappa shape index (κ1) is 16.9. The van der Waals surface area contributed by atoms with Crippen molar-refractivity contribution in [2.75, 3.05) is 18.8 Å². The van der Waals surface area contributed by atoms with Crippen LogP contribution >= 0.6 is 0 Å². The van der Waals surface area contributed by atoms with Crippen LogP contribution in [0.15, 0.2) is 0 Å². The summed E-state index contributed by atoms with van der Waals surface area (Å²) in [6.07, 6.45) is 5.12. The highest BCUT2D eigenvalue weighted by Crippen LogP contribution is 2.29. The van der Waals surface area contributed by atoms with E-state index in [1.54, 1.807) is 0 Å². The third-order valence-electron chi connectivity index (χ3n) is 4.23. The molecule has 0 aliphatic heterocycles. The molecule has 2 N–H and O–H groups in total. The van der Waals surface area contributed by atoms with E-state index in [9.17, 15) is 8.42 Å². The topological polar surface area (TPSA) is 58.2 Å². The van der Waals surface area contributed by atoms with E-state index >= 15 is 0 Å². The van der Waals surface area contributed by atoms with E-state index in [1.165, 1.54) is 6.42 Å². The van der Waals surface area contributed by atoms with Crippen LogP contribution in [0.2, 0.25) is 0 Å². The number of hydrogen-bond donors (Lipinski definition) is 2. The van der Waals surface area contributed by atoms with E-state index in [0.717, 1.165) is 32.4 Å². The lowest BCUT2D eigenvalue weighted by molar-refractivity contribution is 0.227. The van der Waals surface area contributed by atoms with Crippen LogP contribution in [0.1, 0.15) is 52.9 Å². The average molecular weight is 290 g/mol. The van der Waals surface area contributed by atoms with Gasteiger partial charge in [-0.3, -0.25) is 0 Å². The molecule has 0 amide bonds. The summed E-state index contributed by atoms with van der Waals surface area (Å²) in [5, 5.41) is 3.23. The van der Waals surface area contributed by atoms with Gasteiger partial charge in [0.2, 0.25) is 10.0 Å². The molecule has 1 rings (SSSR count). The van der Waals surface area contributed by atoms with Crippen molar-refractivity contribution in [1.82, 2.24) is 10.0 Å². The Morgan fingerprint density at radius 3 is 2.58 bits per heavy atom. The lowest BCUT2D eigenvalue weighted by Crippen LogP contribution is -2.44. The summed E-state index contributed by atoms with van der Waals surface area (Å²) in [4.78, 5) is 0. The van der Waals surface area contributed by atoms with Gasteiger partial charge in [-0.05, 0) is 44.2 Å². The number of hydrogen-bond acceptors (Lipinski definition) is 3. The normalized spacial score (nSPS) is 28.5. The maximum atomic E-state index is 12.0. The molecule has 0 heterocycles. The molecule has 0 radical (unpaired) electrons. The highest BCUT2D eigenvalue weighted by molar-refractivity contribution is 7.89. The Hall–Kier alpha value is -0.130. The van der Waals surface area contributed by atoms with Crippen molar-refractivity contribution in [1.29, 1.82) is 0 Å². The van der Waals surface area contributed by atoms with Crippen LogP contribution < -0.4 is 10.0 Å². The smallest absolute Gasteiger partial charge is 0.211 e. The minimum absolute atomic E-state index is 0.136. The van der Waals surface area contributed by atoms with Gasteiger partial charge in [0.1, 0.15) is 0 Å². The van der Waals surface area contributed by atoms with E-state index in [2.05, 4.69) is 30.8 Å². The Labute approximate surface area is 118 Å².